The first-order valence-electron chi connectivity index (χ1n) is 38.6. The highest BCUT2D eigenvalue weighted by atomic mass is 16.5. The summed E-state index contributed by atoms with van der Waals surface area (Å²) in [6, 6.07) is -0.626. The Morgan fingerprint density at radius 3 is 0.845 bits per heavy atom. The normalized spacial score (nSPS) is 12.6. The van der Waals surface area contributed by atoms with E-state index < -0.39 is 12.1 Å². The van der Waals surface area contributed by atoms with Crippen LogP contribution in [-0.4, -0.2) is 47.4 Å². The van der Waals surface area contributed by atoms with Crippen LogP contribution in [0.15, 0.2) is 24.3 Å². The number of esters is 1. The number of aliphatic hydroxyl groups excluding tert-OH is 2. The maximum Gasteiger partial charge on any atom is 0.305 e. The quantitative estimate of drug-likeness (QED) is 0.0320. The molecule has 0 aromatic heterocycles. The molecule has 0 heterocycles. The van der Waals surface area contributed by atoms with Crippen LogP contribution in [0.1, 0.15) is 438 Å². The summed E-state index contributed by atoms with van der Waals surface area (Å²) in [7, 11) is 0. The SMILES string of the molecule is CCCCCCCCC/C=C\CCCCCCCC(=O)OCCCCCCCCCCCCCCCCCCCCCCCCCCCCCCCCC(=O)NC(CO)C(O)/C=C/CCCCCCCCCCCCCCCCCCCCC. The Bertz CT molecular complexity index is 1320. The zero-order valence-corrected chi connectivity index (χ0v) is 57.2. The van der Waals surface area contributed by atoms with Crippen molar-refractivity contribution in [2.45, 2.75) is 450 Å². The Morgan fingerprint density at radius 2 is 0.560 bits per heavy atom. The van der Waals surface area contributed by atoms with Crippen molar-refractivity contribution in [3.8, 4) is 0 Å². The second-order valence-corrected chi connectivity index (χ2v) is 26.7. The molecule has 84 heavy (non-hydrogen) atoms. The second kappa shape index (κ2) is 73.8. The number of rotatable bonds is 73. The smallest absolute Gasteiger partial charge is 0.305 e. The molecule has 0 aliphatic rings. The van der Waals surface area contributed by atoms with Crippen LogP contribution < -0.4 is 5.32 Å². The van der Waals surface area contributed by atoms with E-state index in [-0.39, 0.29) is 18.5 Å². The largest absolute Gasteiger partial charge is 0.466 e. The van der Waals surface area contributed by atoms with Crippen LogP contribution in [-0.2, 0) is 14.3 Å². The predicted molar refractivity (Wildman–Crippen MR) is 370 cm³/mol. The molecule has 0 bridgehead atoms. The van der Waals surface area contributed by atoms with Crippen LogP contribution in [0.2, 0.25) is 0 Å². The van der Waals surface area contributed by atoms with Gasteiger partial charge in [-0.1, -0.05) is 391 Å². The van der Waals surface area contributed by atoms with Crippen molar-refractivity contribution >= 4 is 11.9 Å². The molecule has 1 amide bonds. The van der Waals surface area contributed by atoms with Gasteiger partial charge in [-0.15, -0.1) is 0 Å². The Morgan fingerprint density at radius 1 is 0.321 bits per heavy atom. The topological polar surface area (TPSA) is 95.9 Å². The van der Waals surface area contributed by atoms with Crippen LogP contribution in [0.4, 0.5) is 0 Å². The van der Waals surface area contributed by atoms with E-state index in [2.05, 4.69) is 31.3 Å². The van der Waals surface area contributed by atoms with Gasteiger partial charge in [0, 0.05) is 12.8 Å². The van der Waals surface area contributed by atoms with E-state index in [1.807, 2.05) is 6.08 Å². The zero-order valence-electron chi connectivity index (χ0n) is 57.2. The van der Waals surface area contributed by atoms with Crippen molar-refractivity contribution in [1.82, 2.24) is 5.32 Å². The standard InChI is InChI=1S/C78H151NO5/c1-3-5-7-9-11-13-15-17-19-21-22-33-36-39-42-46-50-54-58-62-66-70-76(81)75(74-80)79-77(82)71-67-63-59-55-51-47-43-40-37-34-31-29-27-25-23-24-26-28-30-32-35-38-41-45-49-53-57-61-65-69-73-84-78(83)72-68-64-60-56-52-48-44-20-18-16-14-12-10-8-6-4-2/h20,44,66,70,75-76,80-81H,3-19,21-43,45-65,67-69,71-74H2,1-2H3,(H,79,82)/b44-20-,70-66+. The third-order valence-electron chi connectivity index (χ3n) is 18.2. The van der Waals surface area contributed by atoms with Crippen LogP contribution in [0.5, 0.6) is 0 Å². The van der Waals surface area contributed by atoms with E-state index >= 15 is 0 Å². The van der Waals surface area contributed by atoms with E-state index in [9.17, 15) is 19.8 Å². The van der Waals surface area contributed by atoms with Crippen LogP contribution in [0.25, 0.3) is 0 Å². The van der Waals surface area contributed by atoms with Gasteiger partial charge < -0.3 is 20.3 Å². The molecule has 6 nitrogen and oxygen atoms in total. The van der Waals surface area contributed by atoms with Gasteiger partial charge in [-0.25, -0.2) is 0 Å². The molecule has 3 N–H and O–H groups in total. The number of amides is 1. The summed E-state index contributed by atoms with van der Waals surface area (Å²) in [5, 5.41) is 23.3. The number of hydrogen-bond acceptors (Lipinski definition) is 5. The predicted octanol–water partition coefficient (Wildman–Crippen LogP) is 25.3. The summed E-state index contributed by atoms with van der Waals surface area (Å²) in [5.74, 6) is -0.0461. The van der Waals surface area contributed by atoms with Crippen molar-refractivity contribution in [3.63, 3.8) is 0 Å². The summed E-state index contributed by atoms with van der Waals surface area (Å²) >= 11 is 0. The Labute approximate surface area is 526 Å². The van der Waals surface area contributed by atoms with Gasteiger partial charge in [0.2, 0.25) is 5.91 Å². The van der Waals surface area contributed by atoms with Gasteiger partial charge in [-0.2, -0.15) is 0 Å². The molecule has 2 unspecified atom stereocenters. The summed E-state index contributed by atoms with van der Waals surface area (Å²) < 4.78 is 5.50. The average molecular weight is 1180 g/mol. The molecule has 2 atom stereocenters. The van der Waals surface area contributed by atoms with Gasteiger partial charge in [0.15, 0.2) is 0 Å². The maximum atomic E-state index is 12.5. The second-order valence-electron chi connectivity index (χ2n) is 26.7. The minimum atomic E-state index is -0.843. The molecule has 6 heteroatoms. The lowest BCUT2D eigenvalue weighted by Gasteiger charge is -2.20. The van der Waals surface area contributed by atoms with Crippen molar-refractivity contribution < 1.29 is 24.5 Å². The van der Waals surface area contributed by atoms with Gasteiger partial charge in [-0.05, 0) is 57.8 Å². The number of carbonyl (C=O) groups excluding carboxylic acids is 2. The molecular weight excluding hydrogens is 1030 g/mol. The first-order chi connectivity index (χ1) is 41.5. The van der Waals surface area contributed by atoms with Crippen molar-refractivity contribution in [2.75, 3.05) is 13.2 Å². The molecule has 0 aliphatic heterocycles. The fraction of sp³-hybridized carbons (Fsp3) is 0.923. The van der Waals surface area contributed by atoms with Crippen molar-refractivity contribution in [2.24, 2.45) is 0 Å². The summed E-state index contributed by atoms with van der Waals surface area (Å²) in [6.45, 7) is 4.95. The van der Waals surface area contributed by atoms with Gasteiger partial charge in [-0.3, -0.25) is 9.59 Å². The summed E-state index contributed by atoms with van der Waals surface area (Å²) in [6.07, 6.45) is 94.3. The lowest BCUT2D eigenvalue weighted by atomic mass is 10.0. The van der Waals surface area contributed by atoms with Crippen LogP contribution in [0, 0.1) is 0 Å². The minimum Gasteiger partial charge on any atom is -0.466 e. The van der Waals surface area contributed by atoms with E-state index in [0.29, 0.717) is 19.4 Å². The Hall–Kier alpha value is -1.66. The summed E-state index contributed by atoms with van der Waals surface area (Å²) in [4.78, 5) is 24.6. The lowest BCUT2D eigenvalue weighted by Crippen LogP contribution is -2.45. The number of aliphatic hydroxyl groups is 2. The molecule has 0 radical (unpaired) electrons. The van der Waals surface area contributed by atoms with Gasteiger partial charge in [0.05, 0.1) is 25.4 Å². The molecule has 0 rings (SSSR count). The molecule has 0 saturated carbocycles. The summed E-state index contributed by atoms with van der Waals surface area (Å²) in [5.41, 5.74) is 0. The molecule has 0 aromatic carbocycles. The molecule has 0 aliphatic carbocycles. The number of allylic oxidation sites excluding steroid dienone is 3. The number of unbranched alkanes of at least 4 members (excludes halogenated alkanes) is 60. The molecule has 0 spiro atoms. The maximum absolute atomic E-state index is 12.5. The van der Waals surface area contributed by atoms with Crippen molar-refractivity contribution in [1.29, 1.82) is 0 Å². The molecule has 0 saturated heterocycles. The Balaban J connectivity index is 3.35. The minimum absolute atomic E-state index is 0.0134. The highest BCUT2D eigenvalue weighted by Crippen LogP contribution is 2.20. The van der Waals surface area contributed by atoms with E-state index in [1.54, 1.807) is 6.08 Å². The van der Waals surface area contributed by atoms with E-state index in [0.717, 1.165) is 44.9 Å². The van der Waals surface area contributed by atoms with E-state index in [1.165, 1.54) is 366 Å². The number of ether oxygens (including phenoxy) is 1. The molecular formula is C78H151NO5. The molecule has 498 valence electrons. The molecule has 0 fully saturated rings. The number of nitrogens with one attached hydrogen (secondary N) is 1. The van der Waals surface area contributed by atoms with Crippen LogP contribution in [0.3, 0.4) is 0 Å². The third-order valence-corrected chi connectivity index (χ3v) is 18.2. The monoisotopic (exact) mass is 1180 g/mol. The van der Waals surface area contributed by atoms with Crippen molar-refractivity contribution in [3.05, 3.63) is 24.3 Å². The fourth-order valence-corrected chi connectivity index (χ4v) is 12.3. The first-order valence-corrected chi connectivity index (χ1v) is 38.6. The Kier molecular flexibility index (Phi) is 72.3. The zero-order chi connectivity index (χ0) is 60.6. The fourth-order valence-electron chi connectivity index (χ4n) is 12.3. The van der Waals surface area contributed by atoms with Gasteiger partial charge >= 0.3 is 5.97 Å². The number of carbonyl (C=O) groups is 2. The lowest BCUT2D eigenvalue weighted by molar-refractivity contribution is -0.143. The third kappa shape index (κ3) is 69.4. The van der Waals surface area contributed by atoms with Gasteiger partial charge in [0.25, 0.3) is 0 Å². The first kappa shape index (κ1) is 82.3. The highest BCUT2D eigenvalue weighted by molar-refractivity contribution is 5.76. The van der Waals surface area contributed by atoms with E-state index in [4.69, 9.17) is 4.74 Å². The number of hydrogen-bond donors (Lipinski definition) is 3. The van der Waals surface area contributed by atoms with Gasteiger partial charge in [0.1, 0.15) is 0 Å². The highest BCUT2D eigenvalue weighted by Gasteiger charge is 2.18. The molecule has 0 aromatic rings. The average Bonchev–Trinajstić information content (AvgIpc) is 3.51. The van der Waals surface area contributed by atoms with Crippen LogP contribution >= 0.6 is 0 Å².